The smallest absolute Gasteiger partial charge is 0.139 e. The maximum atomic E-state index is 12.4. The van der Waals surface area contributed by atoms with Crippen LogP contribution in [-0.2, 0) is 4.79 Å². The predicted octanol–water partition coefficient (Wildman–Crippen LogP) is 4.21. The quantitative estimate of drug-likeness (QED) is 0.788. The standard InChI is InChI=1S/C20H32O2/c1-13-7-10-20(12-21)14(11-13)3-4-15-16-5-6-18(22)19(16,2)9-8-17(15)20/h13-17,21H,3-12H2,1-2H3/t13?,14?,15-,16?,17?,19?,20?/m0/s1. The highest BCUT2D eigenvalue weighted by atomic mass is 16.3. The number of rotatable bonds is 1. The van der Waals surface area contributed by atoms with Crippen LogP contribution in [0.4, 0.5) is 0 Å². The lowest BCUT2D eigenvalue weighted by Crippen LogP contribution is -2.56. The molecule has 6 unspecified atom stereocenters. The van der Waals surface area contributed by atoms with E-state index in [1.165, 1.54) is 38.5 Å². The van der Waals surface area contributed by atoms with Crippen molar-refractivity contribution in [2.24, 2.45) is 40.4 Å². The molecular formula is C20H32O2. The Morgan fingerprint density at radius 3 is 2.68 bits per heavy atom. The molecule has 0 aromatic rings. The molecule has 0 bridgehead atoms. The Kier molecular flexibility index (Phi) is 3.49. The van der Waals surface area contributed by atoms with E-state index in [4.69, 9.17) is 0 Å². The third-order valence-corrected chi connectivity index (χ3v) is 8.63. The molecule has 0 radical (unpaired) electrons. The predicted molar refractivity (Wildman–Crippen MR) is 87.3 cm³/mol. The Morgan fingerprint density at radius 2 is 1.91 bits per heavy atom. The number of aliphatic hydroxyl groups is 1. The van der Waals surface area contributed by atoms with Crippen molar-refractivity contribution < 1.29 is 9.90 Å². The van der Waals surface area contributed by atoms with Crippen LogP contribution in [0.1, 0.15) is 71.6 Å². The number of carbonyl (C=O) groups is 1. The molecule has 4 saturated carbocycles. The van der Waals surface area contributed by atoms with E-state index in [1.807, 2.05) is 0 Å². The first kappa shape index (κ1) is 15.2. The lowest BCUT2D eigenvalue weighted by atomic mass is 9.44. The first-order valence-corrected chi connectivity index (χ1v) is 9.65. The fourth-order valence-corrected chi connectivity index (χ4v) is 7.34. The van der Waals surface area contributed by atoms with E-state index < -0.39 is 0 Å². The Bertz CT molecular complexity index is 472. The van der Waals surface area contributed by atoms with Crippen LogP contribution in [0.15, 0.2) is 0 Å². The van der Waals surface area contributed by atoms with Gasteiger partial charge in [-0.3, -0.25) is 4.79 Å². The Balaban J connectivity index is 1.66. The molecule has 4 aliphatic carbocycles. The maximum absolute atomic E-state index is 12.4. The number of aliphatic hydroxyl groups excluding tert-OH is 1. The zero-order chi connectivity index (χ0) is 15.5. The first-order chi connectivity index (χ1) is 10.5. The Labute approximate surface area is 135 Å². The largest absolute Gasteiger partial charge is 0.396 e. The van der Waals surface area contributed by atoms with Crippen molar-refractivity contribution in [2.75, 3.05) is 6.61 Å². The van der Waals surface area contributed by atoms with Gasteiger partial charge in [0.2, 0.25) is 0 Å². The summed E-state index contributed by atoms with van der Waals surface area (Å²) >= 11 is 0. The summed E-state index contributed by atoms with van der Waals surface area (Å²) in [6.45, 7) is 5.04. The average Bonchev–Trinajstić information content (AvgIpc) is 2.82. The van der Waals surface area contributed by atoms with Crippen LogP contribution >= 0.6 is 0 Å². The van der Waals surface area contributed by atoms with Crippen molar-refractivity contribution in [3.05, 3.63) is 0 Å². The molecule has 4 fully saturated rings. The number of fused-ring (bicyclic) bond motifs is 5. The monoisotopic (exact) mass is 304 g/mol. The van der Waals surface area contributed by atoms with Crippen LogP contribution in [0.2, 0.25) is 0 Å². The van der Waals surface area contributed by atoms with E-state index in [0.717, 1.165) is 31.1 Å². The van der Waals surface area contributed by atoms with Gasteiger partial charge in [-0.1, -0.05) is 20.3 Å². The van der Waals surface area contributed by atoms with Crippen LogP contribution < -0.4 is 0 Å². The van der Waals surface area contributed by atoms with E-state index in [-0.39, 0.29) is 10.8 Å². The zero-order valence-corrected chi connectivity index (χ0v) is 14.3. The Morgan fingerprint density at radius 1 is 1.09 bits per heavy atom. The summed E-state index contributed by atoms with van der Waals surface area (Å²) in [5.74, 6) is 4.12. The summed E-state index contributed by atoms with van der Waals surface area (Å²) in [7, 11) is 0. The van der Waals surface area contributed by atoms with Crippen LogP contribution in [-0.4, -0.2) is 17.5 Å². The lowest BCUT2D eigenvalue weighted by molar-refractivity contribution is -0.151. The van der Waals surface area contributed by atoms with Gasteiger partial charge < -0.3 is 5.11 Å². The molecule has 0 aliphatic heterocycles. The van der Waals surface area contributed by atoms with Crippen molar-refractivity contribution >= 4 is 5.78 Å². The molecule has 4 rings (SSSR count). The SMILES string of the molecule is CC1CCC2(CO)C(CC[C@H]3C4CCC(=O)C4(C)CCC32)C1. The molecule has 22 heavy (non-hydrogen) atoms. The molecule has 4 aliphatic rings. The van der Waals surface area contributed by atoms with Gasteiger partial charge in [0.1, 0.15) is 5.78 Å². The molecular weight excluding hydrogens is 272 g/mol. The highest BCUT2D eigenvalue weighted by Crippen LogP contribution is 2.65. The first-order valence-electron chi connectivity index (χ1n) is 9.65. The molecule has 1 N–H and O–H groups in total. The van der Waals surface area contributed by atoms with Crippen molar-refractivity contribution in [2.45, 2.75) is 71.6 Å². The molecule has 0 saturated heterocycles. The van der Waals surface area contributed by atoms with Crippen molar-refractivity contribution in [3.63, 3.8) is 0 Å². The van der Waals surface area contributed by atoms with E-state index in [0.29, 0.717) is 30.1 Å². The topological polar surface area (TPSA) is 37.3 Å². The number of hydrogen-bond donors (Lipinski definition) is 1. The molecule has 0 heterocycles. The van der Waals surface area contributed by atoms with Crippen molar-refractivity contribution in [3.8, 4) is 0 Å². The summed E-state index contributed by atoms with van der Waals surface area (Å²) in [6, 6.07) is 0. The van der Waals surface area contributed by atoms with Crippen molar-refractivity contribution in [1.29, 1.82) is 0 Å². The second kappa shape index (κ2) is 5.06. The minimum Gasteiger partial charge on any atom is -0.396 e. The van der Waals surface area contributed by atoms with Crippen molar-refractivity contribution in [1.82, 2.24) is 0 Å². The second-order valence-electron chi connectivity index (χ2n) is 9.34. The zero-order valence-electron chi connectivity index (χ0n) is 14.3. The van der Waals surface area contributed by atoms with Gasteiger partial charge in [0.05, 0.1) is 0 Å². The van der Waals surface area contributed by atoms with Gasteiger partial charge in [0, 0.05) is 18.4 Å². The van der Waals surface area contributed by atoms with E-state index in [9.17, 15) is 9.90 Å². The average molecular weight is 304 g/mol. The molecule has 0 amide bonds. The van der Waals surface area contributed by atoms with E-state index in [2.05, 4.69) is 13.8 Å². The summed E-state index contributed by atoms with van der Waals surface area (Å²) in [5.41, 5.74) is 0.176. The normalized spacial score (nSPS) is 54.5. The summed E-state index contributed by atoms with van der Waals surface area (Å²) < 4.78 is 0. The van der Waals surface area contributed by atoms with Crippen LogP contribution in [0.5, 0.6) is 0 Å². The third-order valence-electron chi connectivity index (χ3n) is 8.63. The summed E-state index contributed by atoms with van der Waals surface area (Å²) in [5, 5.41) is 10.4. The highest BCUT2D eigenvalue weighted by Gasteiger charge is 2.61. The fourth-order valence-electron chi connectivity index (χ4n) is 7.34. The molecule has 0 aromatic heterocycles. The van der Waals surface area contributed by atoms with E-state index >= 15 is 0 Å². The van der Waals surface area contributed by atoms with Crippen LogP contribution in [0, 0.1) is 40.4 Å². The van der Waals surface area contributed by atoms with Gasteiger partial charge in [0.25, 0.3) is 0 Å². The summed E-state index contributed by atoms with van der Waals surface area (Å²) in [6.07, 6.45) is 10.7. The molecule has 2 heteroatoms. The lowest BCUT2D eigenvalue weighted by Gasteiger charge is -2.60. The van der Waals surface area contributed by atoms with Gasteiger partial charge in [0.15, 0.2) is 0 Å². The number of carbonyl (C=O) groups excluding carboxylic acids is 1. The molecule has 7 atom stereocenters. The second-order valence-corrected chi connectivity index (χ2v) is 9.34. The van der Waals surface area contributed by atoms with Gasteiger partial charge in [-0.2, -0.15) is 0 Å². The minimum atomic E-state index is -0.0212. The van der Waals surface area contributed by atoms with Crippen LogP contribution in [0.25, 0.3) is 0 Å². The number of ketones is 1. The molecule has 0 aromatic carbocycles. The van der Waals surface area contributed by atoms with Crippen LogP contribution in [0.3, 0.4) is 0 Å². The number of Topliss-reactive ketones (excluding diaryl/α,β-unsaturated/α-hetero) is 1. The van der Waals surface area contributed by atoms with Gasteiger partial charge in [-0.15, -0.1) is 0 Å². The van der Waals surface area contributed by atoms with Gasteiger partial charge in [-0.25, -0.2) is 0 Å². The highest BCUT2D eigenvalue weighted by molar-refractivity contribution is 5.87. The van der Waals surface area contributed by atoms with Gasteiger partial charge in [-0.05, 0) is 80.0 Å². The number of hydrogen-bond acceptors (Lipinski definition) is 2. The van der Waals surface area contributed by atoms with E-state index in [1.54, 1.807) is 0 Å². The summed E-state index contributed by atoms with van der Waals surface area (Å²) in [4.78, 5) is 12.4. The Hall–Kier alpha value is -0.370. The maximum Gasteiger partial charge on any atom is 0.139 e. The molecule has 2 nitrogen and oxygen atoms in total. The molecule has 124 valence electrons. The molecule has 0 spiro atoms. The third kappa shape index (κ3) is 1.85. The van der Waals surface area contributed by atoms with Gasteiger partial charge >= 0.3 is 0 Å². The fraction of sp³-hybridized carbons (Fsp3) is 0.950. The minimum absolute atomic E-state index is 0.0212.